The van der Waals surface area contributed by atoms with Crippen molar-refractivity contribution >= 4 is 22.6 Å². The lowest BCUT2D eigenvalue weighted by Crippen LogP contribution is -2.38. The van der Waals surface area contributed by atoms with Crippen LogP contribution in [0.4, 0.5) is 10.5 Å². The molecule has 104 valence electrons. The van der Waals surface area contributed by atoms with Crippen molar-refractivity contribution in [3.05, 3.63) is 36.0 Å². The zero-order chi connectivity index (χ0) is 13.9. The maximum Gasteiger partial charge on any atom is 0.319 e. The predicted molar refractivity (Wildman–Crippen MR) is 77.9 cm³/mol. The van der Waals surface area contributed by atoms with Crippen molar-refractivity contribution < 1.29 is 9.53 Å². The second-order valence-electron chi connectivity index (χ2n) is 4.99. The third-order valence-corrected chi connectivity index (χ3v) is 3.36. The van der Waals surface area contributed by atoms with E-state index in [1.165, 1.54) is 0 Å². The number of para-hydroxylation sites is 1. The van der Waals surface area contributed by atoms with Crippen molar-refractivity contribution in [1.29, 1.82) is 0 Å². The van der Waals surface area contributed by atoms with Gasteiger partial charge in [0, 0.05) is 17.7 Å². The normalized spacial score (nSPS) is 18.1. The number of ether oxygens (including phenoxy) is 1. The van der Waals surface area contributed by atoms with Crippen molar-refractivity contribution in [3.8, 4) is 0 Å². The topological polar surface area (TPSA) is 63.2 Å². The Morgan fingerprint density at radius 1 is 1.40 bits per heavy atom. The zero-order valence-electron chi connectivity index (χ0n) is 11.3. The number of carbonyl (C=O) groups excluding carboxylic acids is 1. The minimum absolute atomic E-state index is 0.101. The number of aromatic nitrogens is 1. The van der Waals surface area contributed by atoms with Crippen LogP contribution in [0.15, 0.2) is 30.3 Å². The lowest BCUT2D eigenvalue weighted by atomic mass is 10.1. The molecule has 3 rings (SSSR count). The first-order valence-electron chi connectivity index (χ1n) is 6.74. The number of rotatable bonds is 2. The van der Waals surface area contributed by atoms with E-state index in [1.807, 2.05) is 37.3 Å². The number of hydrogen-bond acceptors (Lipinski definition) is 3. The molecule has 0 spiro atoms. The Balaban J connectivity index is 1.81. The first kappa shape index (κ1) is 12.9. The molecule has 0 aliphatic carbocycles. The van der Waals surface area contributed by atoms with Gasteiger partial charge >= 0.3 is 6.03 Å². The highest BCUT2D eigenvalue weighted by atomic mass is 16.5. The molecule has 1 saturated heterocycles. The highest BCUT2D eigenvalue weighted by molar-refractivity contribution is 6.00. The Kier molecular flexibility index (Phi) is 3.52. The summed E-state index contributed by atoms with van der Waals surface area (Å²) in [7, 11) is 0. The van der Waals surface area contributed by atoms with Crippen molar-refractivity contribution in [1.82, 2.24) is 10.3 Å². The Morgan fingerprint density at radius 2 is 2.25 bits per heavy atom. The Morgan fingerprint density at radius 3 is 3.05 bits per heavy atom. The van der Waals surface area contributed by atoms with E-state index in [4.69, 9.17) is 4.74 Å². The number of carbonyl (C=O) groups is 1. The second-order valence-corrected chi connectivity index (χ2v) is 4.99. The first-order valence-corrected chi connectivity index (χ1v) is 6.74. The van der Waals surface area contributed by atoms with E-state index >= 15 is 0 Å². The average Bonchev–Trinajstić information content (AvgIpc) is 2.91. The molecule has 2 N–H and O–H groups in total. The van der Waals surface area contributed by atoms with E-state index < -0.39 is 0 Å². The van der Waals surface area contributed by atoms with Gasteiger partial charge < -0.3 is 15.4 Å². The monoisotopic (exact) mass is 271 g/mol. The molecule has 0 saturated carbocycles. The van der Waals surface area contributed by atoms with Gasteiger partial charge in [-0.15, -0.1) is 0 Å². The van der Waals surface area contributed by atoms with Gasteiger partial charge in [-0.25, -0.2) is 4.79 Å². The predicted octanol–water partition coefficient (Wildman–Crippen LogP) is 2.45. The number of nitrogens with one attached hydrogen (secondary N) is 2. The zero-order valence-corrected chi connectivity index (χ0v) is 11.3. The summed E-state index contributed by atoms with van der Waals surface area (Å²) in [5, 5.41) is 6.76. The smallest absolute Gasteiger partial charge is 0.319 e. The van der Waals surface area contributed by atoms with Gasteiger partial charge in [0.05, 0.1) is 23.9 Å². The number of aryl methyl sites for hydroxylation is 1. The molecule has 0 radical (unpaired) electrons. The number of benzene rings is 1. The number of nitrogens with zero attached hydrogens (tertiary/aromatic N) is 1. The lowest BCUT2D eigenvalue weighted by Gasteiger charge is -2.13. The number of pyridine rings is 1. The molecule has 0 bridgehead atoms. The van der Waals surface area contributed by atoms with Crippen LogP contribution in [0, 0.1) is 6.92 Å². The van der Waals surface area contributed by atoms with Gasteiger partial charge in [0.15, 0.2) is 0 Å². The largest absolute Gasteiger partial charge is 0.379 e. The molecule has 1 aromatic carbocycles. The standard InChI is InChI=1S/C15H17N3O2/c1-10-8-14(12-4-2-3-5-13(12)16-10)18-15(19)17-11-6-7-20-9-11/h2-5,8,11H,6-7,9H2,1H3,(H2,16,17,18,19). The van der Waals surface area contributed by atoms with Crippen LogP contribution in [0.5, 0.6) is 0 Å². The van der Waals surface area contributed by atoms with Crippen LogP contribution in [-0.4, -0.2) is 30.3 Å². The summed E-state index contributed by atoms with van der Waals surface area (Å²) in [5.74, 6) is 0. The van der Waals surface area contributed by atoms with E-state index in [0.29, 0.717) is 13.2 Å². The number of urea groups is 1. The van der Waals surface area contributed by atoms with Crippen molar-refractivity contribution in [2.45, 2.75) is 19.4 Å². The molecular weight excluding hydrogens is 254 g/mol. The van der Waals surface area contributed by atoms with Crippen LogP contribution in [0.1, 0.15) is 12.1 Å². The molecule has 1 aliphatic heterocycles. The van der Waals surface area contributed by atoms with Crippen LogP contribution < -0.4 is 10.6 Å². The van der Waals surface area contributed by atoms with Gasteiger partial charge in [-0.1, -0.05) is 18.2 Å². The van der Waals surface area contributed by atoms with Crippen LogP contribution in [0.25, 0.3) is 10.9 Å². The van der Waals surface area contributed by atoms with Gasteiger partial charge in [-0.3, -0.25) is 4.98 Å². The molecule has 1 aromatic heterocycles. The minimum atomic E-state index is -0.198. The van der Waals surface area contributed by atoms with Crippen molar-refractivity contribution in [3.63, 3.8) is 0 Å². The number of anilines is 1. The highest BCUT2D eigenvalue weighted by Crippen LogP contribution is 2.22. The third kappa shape index (κ3) is 2.72. The molecular formula is C15H17N3O2. The molecule has 2 aromatic rings. The van der Waals surface area contributed by atoms with Crippen LogP contribution in [0.2, 0.25) is 0 Å². The Bertz CT molecular complexity index is 636. The number of fused-ring (bicyclic) bond motifs is 1. The quantitative estimate of drug-likeness (QED) is 0.882. The van der Waals surface area contributed by atoms with E-state index in [2.05, 4.69) is 15.6 Å². The summed E-state index contributed by atoms with van der Waals surface area (Å²) >= 11 is 0. The van der Waals surface area contributed by atoms with Crippen molar-refractivity contribution in [2.24, 2.45) is 0 Å². The summed E-state index contributed by atoms with van der Waals surface area (Å²) in [4.78, 5) is 16.5. The maximum atomic E-state index is 12.0. The van der Waals surface area contributed by atoms with E-state index in [0.717, 1.165) is 28.7 Å². The average molecular weight is 271 g/mol. The van der Waals surface area contributed by atoms with E-state index in [9.17, 15) is 4.79 Å². The molecule has 1 unspecified atom stereocenters. The second kappa shape index (κ2) is 5.46. The Labute approximate surface area is 117 Å². The summed E-state index contributed by atoms with van der Waals surface area (Å²) in [6.45, 7) is 3.21. The molecule has 2 amide bonds. The maximum absolute atomic E-state index is 12.0. The van der Waals surface area contributed by atoms with E-state index in [1.54, 1.807) is 0 Å². The first-order chi connectivity index (χ1) is 9.72. The van der Waals surface area contributed by atoms with Gasteiger partial charge in [-0.2, -0.15) is 0 Å². The molecule has 1 atom stereocenters. The fraction of sp³-hybridized carbons (Fsp3) is 0.333. The molecule has 5 nitrogen and oxygen atoms in total. The fourth-order valence-electron chi connectivity index (χ4n) is 2.40. The summed E-state index contributed by atoms with van der Waals surface area (Å²) in [6.07, 6.45) is 0.865. The third-order valence-electron chi connectivity index (χ3n) is 3.36. The van der Waals surface area contributed by atoms with Gasteiger partial charge in [-0.05, 0) is 25.5 Å². The van der Waals surface area contributed by atoms with Crippen LogP contribution in [0.3, 0.4) is 0 Å². The van der Waals surface area contributed by atoms with E-state index in [-0.39, 0.29) is 12.1 Å². The number of hydrogen-bond donors (Lipinski definition) is 2. The molecule has 20 heavy (non-hydrogen) atoms. The summed E-state index contributed by atoms with van der Waals surface area (Å²) < 4.78 is 5.25. The summed E-state index contributed by atoms with van der Waals surface area (Å²) in [5.41, 5.74) is 2.54. The molecule has 5 heteroatoms. The molecule has 1 aliphatic rings. The minimum Gasteiger partial charge on any atom is -0.379 e. The van der Waals surface area contributed by atoms with Crippen LogP contribution >= 0.6 is 0 Å². The van der Waals surface area contributed by atoms with Gasteiger partial charge in [0.2, 0.25) is 0 Å². The fourth-order valence-corrected chi connectivity index (χ4v) is 2.40. The Hall–Kier alpha value is -2.14. The highest BCUT2D eigenvalue weighted by Gasteiger charge is 2.18. The van der Waals surface area contributed by atoms with Gasteiger partial charge in [0.25, 0.3) is 0 Å². The van der Waals surface area contributed by atoms with Crippen LogP contribution in [-0.2, 0) is 4.74 Å². The van der Waals surface area contributed by atoms with Crippen molar-refractivity contribution in [2.75, 3.05) is 18.5 Å². The lowest BCUT2D eigenvalue weighted by molar-refractivity contribution is 0.189. The molecule has 2 heterocycles. The molecule has 1 fully saturated rings. The summed E-state index contributed by atoms with van der Waals surface area (Å²) in [6, 6.07) is 9.56. The van der Waals surface area contributed by atoms with Gasteiger partial charge in [0.1, 0.15) is 0 Å². The SMILES string of the molecule is Cc1cc(NC(=O)NC2CCOC2)c2ccccc2n1. The number of amides is 2.